The second-order valence-electron chi connectivity index (χ2n) is 5.25. The Bertz CT molecular complexity index is 683. The molecule has 0 bridgehead atoms. The van der Waals surface area contributed by atoms with E-state index >= 15 is 0 Å². The van der Waals surface area contributed by atoms with E-state index in [4.69, 9.17) is 0 Å². The van der Waals surface area contributed by atoms with Crippen LogP contribution in [0.1, 0.15) is 17.5 Å². The molecule has 2 aromatic heterocycles. The number of amides is 2. The second kappa shape index (κ2) is 8.33. The molecule has 1 unspecified atom stereocenters. The number of urea groups is 1. The maximum atomic E-state index is 11.8. The Kier molecular flexibility index (Phi) is 6.16. The topological polar surface area (TPSA) is 98.9 Å². The predicted octanol–water partition coefficient (Wildman–Crippen LogP) is 1.48. The zero-order chi connectivity index (χ0) is 16.7. The van der Waals surface area contributed by atoms with Crippen LogP contribution in [0.25, 0.3) is 0 Å². The fourth-order valence-electron chi connectivity index (χ4n) is 2.08. The molecule has 23 heavy (non-hydrogen) atoms. The summed E-state index contributed by atoms with van der Waals surface area (Å²) in [4.78, 5) is 31.1. The van der Waals surface area contributed by atoms with Gasteiger partial charge in [-0.25, -0.2) is 9.78 Å². The van der Waals surface area contributed by atoms with Gasteiger partial charge in [-0.3, -0.25) is 9.78 Å². The molecule has 124 valence electrons. The summed E-state index contributed by atoms with van der Waals surface area (Å²) in [6.07, 6.45) is 0.817. The summed E-state index contributed by atoms with van der Waals surface area (Å²) in [6, 6.07) is 5.34. The van der Waals surface area contributed by atoms with Gasteiger partial charge in [0.25, 0.3) is 5.56 Å². The summed E-state index contributed by atoms with van der Waals surface area (Å²) < 4.78 is 0. The van der Waals surface area contributed by atoms with Crippen molar-refractivity contribution in [1.29, 1.82) is 0 Å². The minimum absolute atomic E-state index is 0.0661. The quantitative estimate of drug-likeness (QED) is 0.576. The number of hydrogen-bond acceptors (Lipinski definition) is 5. The standard InChI is InChI=1S/C15H21N5O2S/c1-10(8-12-4-3-7-23-12)19-15(22)17-6-5-16-14-18-11(2)9-13(21)20-14/h3-4,7,9-10H,5-6,8H2,1-2H3,(H2,17,19,22)(H2,16,18,20,21). The van der Waals surface area contributed by atoms with Crippen LogP contribution in [-0.2, 0) is 6.42 Å². The number of rotatable bonds is 7. The number of anilines is 1. The molecular formula is C15H21N5O2S. The van der Waals surface area contributed by atoms with Crippen LogP contribution in [0.15, 0.2) is 28.4 Å². The molecule has 0 saturated heterocycles. The summed E-state index contributed by atoms with van der Waals surface area (Å²) in [5, 5.41) is 10.6. The molecule has 4 N–H and O–H groups in total. The van der Waals surface area contributed by atoms with Crippen LogP contribution in [0.4, 0.5) is 10.7 Å². The van der Waals surface area contributed by atoms with Crippen LogP contribution < -0.4 is 21.5 Å². The van der Waals surface area contributed by atoms with Crippen LogP contribution in [0, 0.1) is 6.92 Å². The van der Waals surface area contributed by atoms with Crippen LogP contribution in [0.5, 0.6) is 0 Å². The molecule has 2 rings (SSSR count). The smallest absolute Gasteiger partial charge is 0.315 e. The molecule has 7 nitrogen and oxygen atoms in total. The molecule has 0 aromatic carbocycles. The highest BCUT2D eigenvalue weighted by atomic mass is 32.1. The average molecular weight is 335 g/mol. The van der Waals surface area contributed by atoms with Crippen molar-refractivity contribution in [3.8, 4) is 0 Å². The summed E-state index contributed by atoms with van der Waals surface area (Å²) >= 11 is 1.68. The number of H-pyrrole nitrogens is 1. The van der Waals surface area contributed by atoms with Crippen LogP contribution in [0.3, 0.4) is 0 Å². The number of nitrogens with zero attached hydrogens (tertiary/aromatic N) is 1. The van der Waals surface area contributed by atoms with E-state index < -0.39 is 0 Å². The first kappa shape index (κ1) is 17.0. The molecule has 8 heteroatoms. The van der Waals surface area contributed by atoms with E-state index in [0.29, 0.717) is 24.7 Å². The van der Waals surface area contributed by atoms with Gasteiger partial charge in [-0.1, -0.05) is 6.07 Å². The molecule has 0 spiro atoms. The van der Waals surface area contributed by atoms with Gasteiger partial charge < -0.3 is 16.0 Å². The number of thiophene rings is 1. The van der Waals surface area contributed by atoms with E-state index in [1.807, 2.05) is 18.4 Å². The highest BCUT2D eigenvalue weighted by Gasteiger charge is 2.08. The van der Waals surface area contributed by atoms with Crippen molar-refractivity contribution in [2.24, 2.45) is 0 Å². The van der Waals surface area contributed by atoms with Gasteiger partial charge in [0.2, 0.25) is 5.95 Å². The number of carbonyl (C=O) groups excluding carboxylic acids is 1. The Morgan fingerprint density at radius 1 is 1.43 bits per heavy atom. The molecule has 1 atom stereocenters. The number of aromatic amines is 1. The first-order chi connectivity index (χ1) is 11.0. The zero-order valence-electron chi connectivity index (χ0n) is 13.2. The third-order valence-corrected chi connectivity index (χ3v) is 3.94. The van der Waals surface area contributed by atoms with Gasteiger partial charge >= 0.3 is 6.03 Å². The third kappa shape index (κ3) is 6.11. The maximum Gasteiger partial charge on any atom is 0.315 e. The van der Waals surface area contributed by atoms with E-state index in [1.54, 1.807) is 18.3 Å². The van der Waals surface area contributed by atoms with Gasteiger partial charge in [0.1, 0.15) is 0 Å². The molecule has 2 amide bonds. The highest BCUT2D eigenvalue weighted by molar-refractivity contribution is 7.09. The lowest BCUT2D eigenvalue weighted by Gasteiger charge is -2.14. The van der Waals surface area contributed by atoms with Crippen molar-refractivity contribution >= 4 is 23.3 Å². The van der Waals surface area contributed by atoms with Gasteiger partial charge in [0.15, 0.2) is 0 Å². The first-order valence-electron chi connectivity index (χ1n) is 7.41. The molecule has 0 fully saturated rings. The van der Waals surface area contributed by atoms with E-state index in [1.165, 1.54) is 10.9 Å². The molecule has 2 aromatic rings. The largest absolute Gasteiger partial charge is 0.354 e. The van der Waals surface area contributed by atoms with Gasteiger partial charge in [0, 0.05) is 42.2 Å². The van der Waals surface area contributed by atoms with E-state index in [2.05, 4.69) is 32.0 Å². The van der Waals surface area contributed by atoms with Crippen LogP contribution in [-0.4, -0.2) is 35.1 Å². The Hall–Kier alpha value is -2.35. The SMILES string of the molecule is Cc1cc(=O)[nH]c(NCCNC(=O)NC(C)Cc2cccs2)n1. The Balaban J connectivity index is 1.65. The number of hydrogen-bond donors (Lipinski definition) is 4. The van der Waals surface area contributed by atoms with E-state index in [-0.39, 0.29) is 17.6 Å². The van der Waals surface area contributed by atoms with Crippen LogP contribution in [0.2, 0.25) is 0 Å². The Morgan fingerprint density at radius 3 is 2.96 bits per heavy atom. The van der Waals surface area contributed by atoms with Gasteiger partial charge in [-0.05, 0) is 25.3 Å². The Morgan fingerprint density at radius 2 is 2.26 bits per heavy atom. The molecule has 0 saturated carbocycles. The minimum Gasteiger partial charge on any atom is -0.354 e. The molecule has 2 heterocycles. The van der Waals surface area contributed by atoms with Gasteiger partial charge in [-0.15, -0.1) is 11.3 Å². The molecule has 0 aliphatic carbocycles. The fourth-order valence-corrected chi connectivity index (χ4v) is 2.91. The monoisotopic (exact) mass is 335 g/mol. The van der Waals surface area contributed by atoms with Crippen molar-refractivity contribution in [3.05, 3.63) is 44.5 Å². The lowest BCUT2D eigenvalue weighted by Crippen LogP contribution is -2.43. The second-order valence-corrected chi connectivity index (χ2v) is 6.28. The molecule has 0 aliphatic heterocycles. The average Bonchev–Trinajstić information content (AvgIpc) is 2.95. The first-order valence-corrected chi connectivity index (χ1v) is 8.29. The molecule has 0 radical (unpaired) electrons. The summed E-state index contributed by atoms with van der Waals surface area (Å²) in [5.41, 5.74) is 0.442. The lowest BCUT2D eigenvalue weighted by molar-refractivity contribution is 0.238. The number of aryl methyl sites for hydroxylation is 1. The van der Waals surface area contributed by atoms with Crippen molar-refractivity contribution < 1.29 is 4.79 Å². The van der Waals surface area contributed by atoms with Crippen LogP contribution >= 0.6 is 11.3 Å². The predicted molar refractivity (Wildman–Crippen MR) is 92.1 cm³/mol. The lowest BCUT2D eigenvalue weighted by atomic mass is 10.2. The molecular weight excluding hydrogens is 314 g/mol. The van der Waals surface area contributed by atoms with Crippen molar-refractivity contribution in [2.45, 2.75) is 26.3 Å². The zero-order valence-corrected chi connectivity index (χ0v) is 14.0. The van der Waals surface area contributed by atoms with Crippen molar-refractivity contribution in [1.82, 2.24) is 20.6 Å². The number of carbonyl (C=O) groups is 1. The van der Waals surface area contributed by atoms with E-state index in [9.17, 15) is 9.59 Å². The summed E-state index contributed by atoms with van der Waals surface area (Å²) in [5.74, 6) is 0.406. The van der Waals surface area contributed by atoms with Gasteiger partial charge in [-0.2, -0.15) is 0 Å². The number of nitrogens with one attached hydrogen (secondary N) is 4. The van der Waals surface area contributed by atoms with Crippen molar-refractivity contribution in [2.75, 3.05) is 18.4 Å². The normalized spacial score (nSPS) is 11.7. The summed E-state index contributed by atoms with van der Waals surface area (Å²) in [7, 11) is 0. The van der Waals surface area contributed by atoms with Crippen molar-refractivity contribution in [3.63, 3.8) is 0 Å². The highest BCUT2D eigenvalue weighted by Crippen LogP contribution is 2.10. The minimum atomic E-state index is -0.207. The van der Waals surface area contributed by atoms with E-state index in [0.717, 1.165) is 6.42 Å². The Labute approximate surface area is 138 Å². The fraction of sp³-hybridized carbons (Fsp3) is 0.400. The summed E-state index contributed by atoms with van der Waals surface area (Å²) in [6.45, 7) is 4.62. The molecule has 0 aliphatic rings. The maximum absolute atomic E-state index is 11.8. The van der Waals surface area contributed by atoms with Gasteiger partial charge in [0.05, 0.1) is 0 Å². The third-order valence-electron chi connectivity index (χ3n) is 3.04. The number of aromatic nitrogens is 2.